The third kappa shape index (κ3) is 2.88. The van der Waals surface area contributed by atoms with Crippen molar-refractivity contribution in [3.05, 3.63) is 39.2 Å². The average Bonchev–Trinajstić information content (AvgIpc) is 3.05. The number of amides is 1. The van der Waals surface area contributed by atoms with Crippen molar-refractivity contribution in [3.8, 4) is 0 Å². The Morgan fingerprint density at radius 2 is 2.19 bits per heavy atom. The molecule has 21 heavy (non-hydrogen) atoms. The highest BCUT2D eigenvalue weighted by molar-refractivity contribution is 7.11. The molecule has 4 nitrogen and oxygen atoms in total. The number of likely N-dealkylation sites (tertiary alicyclic amines) is 1. The highest BCUT2D eigenvalue weighted by atomic mass is 32.1. The van der Waals surface area contributed by atoms with Gasteiger partial charge in [-0.25, -0.2) is 4.98 Å². The highest BCUT2D eigenvalue weighted by Gasteiger charge is 2.28. The van der Waals surface area contributed by atoms with Gasteiger partial charge in [-0.05, 0) is 45.7 Å². The number of rotatable bonds is 2. The molecule has 1 atom stereocenters. The largest absolute Gasteiger partial charge is 0.456 e. The van der Waals surface area contributed by atoms with Gasteiger partial charge in [0.25, 0.3) is 5.91 Å². The highest BCUT2D eigenvalue weighted by Crippen LogP contribution is 2.31. The van der Waals surface area contributed by atoms with Crippen LogP contribution in [-0.2, 0) is 0 Å². The number of hydrogen-bond donors (Lipinski definition) is 0. The van der Waals surface area contributed by atoms with Crippen molar-refractivity contribution in [2.24, 2.45) is 0 Å². The summed E-state index contributed by atoms with van der Waals surface area (Å²) >= 11 is 1.76. The van der Waals surface area contributed by atoms with E-state index in [1.807, 2.05) is 24.8 Å². The standard InChI is InChI=1S/C16H20N2O2S/c1-10-6-7-14(20-10)16(19)18-8-4-5-13(9-18)15-17-11(2)12(3)21-15/h6-7,13H,4-5,8-9H2,1-3H3/t13-/m1/s1. The fraction of sp³-hybridized carbons (Fsp3) is 0.500. The summed E-state index contributed by atoms with van der Waals surface area (Å²) in [6, 6.07) is 3.60. The molecule has 2 aromatic rings. The van der Waals surface area contributed by atoms with Gasteiger partial charge in [0.15, 0.2) is 5.76 Å². The molecule has 0 N–H and O–H groups in total. The smallest absolute Gasteiger partial charge is 0.289 e. The van der Waals surface area contributed by atoms with Gasteiger partial charge in [-0.3, -0.25) is 4.79 Å². The summed E-state index contributed by atoms with van der Waals surface area (Å²) in [6.07, 6.45) is 2.13. The van der Waals surface area contributed by atoms with Crippen molar-refractivity contribution >= 4 is 17.2 Å². The molecule has 1 aliphatic heterocycles. The van der Waals surface area contributed by atoms with Crippen molar-refractivity contribution in [2.45, 2.75) is 39.5 Å². The van der Waals surface area contributed by atoms with Gasteiger partial charge in [-0.2, -0.15) is 0 Å². The van der Waals surface area contributed by atoms with E-state index in [1.54, 1.807) is 17.4 Å². The minimum absolute atomic E-state index is 0.00204. The van der Waals surface area contributed by atoms with E-state index in [1.165, 1.54) is 4.88 Å². The molecule has 0 radical (unpaired) electrons. The molecule has 0 saturated carbocycles. The van der Waals surface area contributed by atoms with Crippen LogP contribution in [0.25, 0.3) is 0 Å². The summed E-state index contributed by atoms with van der Waals surface area (Å²) in [6.45, 7) is 7.56. The maximum absolute atomic E-state index is 12.5. The third-order valence-electron chi connectivity index (χ3n) is 4.05. The van der Waals surface area contributed by atoms with Gasteiger partial charge >= 0.3 is 0 Å². The van der Waals surface area contributed by atoms with Gasteiger partial charge in [0.2, 0.25) is 0 Å². The van der Waals surface area contributed by atoms with E-state index >= 15 is 0 Å². The molecule has 5 heteroatoms. The number of aromatic nitrogens is 1. The quantitative estimate of drug-likeness (QED) is 0.850. The van der Waals surface area contributed by atoms with E-state index in [0.717, 1.165) is 42.4 Å². The van der Waals surface area contributed by atoms with Crippen molar-refractivity contribution in [1.29, 1.82) is 0 Å². The zero-order valence-corrected chi connectivity index (χ0v) is 13.5. The number of carbonyl (C=O) groups excluding carboxylic acids is 1. The molecule has 112 valence electrons. The summed E-state index contributed by atoms with van der Waals surface area (Å²) < 4.78 is 5.46. The van der Waals surface area contributed by atoms with E-state index in [0.29, 0.717) is 11.7 Å². The van der Waals surface area contributed by atoms with Crippen molar-refractivity contribution in [1.82, 2.24) is 9.88 Å². The van der Waals surface area contributed by atoms with Crippen molar-refractivity contribution in [3.63, 3.8) is 0 Å². The van der Waals surface area contributed by atoms with E-state index in [4.69, 9.17) is 4.42 Å². The Labute approximate surface area is 128 Å². The monoisotopic (exact) mass is 304 g/mol. The van der Waals surface area contributed by atoms with Crippen LogP contribution >= 0.6 is 11.3 Å². The fourth-order valence-electron chi connectivity index (χ4n) is 2.74. The number of piperidine rings is 1. The Balaban J connectivity index is 1.75. The molecule has 0 unspecified atom stereocenters. The normalized spacial score (nSPS) is 19.0. The molecule has 0 bridgehead atoms. The number of carbonyl (C=O) groups is 1. The molecule has 0 aromatic carbocycles. The lowest BCUT2D eigenvalue weighted by molar-refractivity contribution is 0.0673. The Hall–Kier alpha value is -1.62. The molecule has 3 heterocycles. The molecule has 1 saturated heterocycles. The van der Waals surface area contributed by atoms with Crippen LogP contribution in [0.15, 0.2) is 16.5 Å². The van der Waals surface area contributed by atoms with E-state index in [2.05, 4.69) is 11.9 Å². The van der Waals surface area contributed by atoms with E-state index in [9.17, 15) is 4.79 Å². The van der Waals surface area contributed by atoms with Crippen molar-refractivity contribution in [2.75, 3.05) is 13.1 Å². The summed E-state index contributed by atoms with van der Waals surface area (Å²) in [5.74, 6) is 1.58. The number of furan rings is 1. The Bertz CT molecular complexity index is 640. The summed E-state index contributed by atoms with van der Waals surface area (Å²) in [5.41, 5.74) is 1.11. The lowest BCUT2D eigenvalue weighted by atomic mass is 9.98. The predicted octanol–water partition coefficient (Wildman–Crippen LogP) is 3.68. The zero-order chi connectivity index (χ0) is 15.0. The van der Waals surface area contributed by atoms with Crippen LogP contribution in [0.3, 0.4) is 0 Å². The van der Waals surface area contributed by atoms with Crippen LogP contribution in [0, 0.1) is 20.8 Å². The van der Waals surface area contributed by atoms with Crippen LogP contribution < -0.4 is 0 Å². The Morgan fingerprint density at radius 1 is 1.38 bits per heavy atom. The third-order valence-corrected chi connectivity index (χ3v) is 5.29. The van der Waals surface area contributed by atoms with Gasteiger partial charge in [0.05, 0.1) is 10.7 Å². The van der Waals surface area contributed by atoms with Crippen molar-refractivity contribution < 1.29 is 9.21 Å². The van der Waals surface area contributed by atoms with Crippen LogP contribution in [0.4, 0.5) is 0 Å². The predicted molar refractivity (Wildman–Crippen MR) is 82.9 cm³/mol. The molecule has 1 fully saturated rings. The van der Waals surface area contributed by atoms with Crippen LogP contribution in [-0.4, -0.2) is 28.9 Å². The summed E-state index contributed by atoms with van der Waals surface area (Å²) in [5, 5.41) is 1.16. The second kappa shape index (κ2) is 5.64. The number of thiazole rings is 1. The van der Waals surface area contributed by atoms with E-state index < -0.39 is 0 Å². The lowest BCUT2D eigenvalue weighted by Gasteiger charge is -2.31. The average molecular weight is 304 g/mol. The van der Waals surface area contributed by atoms with Crippen LogP contribution in [0.2, 0.25) is 0 Å². The van der Waals surface area contributed by atoms with Gasteiger partial charge in [-0.15, -0.1) is 11.3 Å². The van der Waals surface area contributed by atoms with Crippen LogP contribution in [0.5, 0.6) is 0 Å². The molecule has 0 spiro atoms. The van der Waals surface area contributed by atoms with Gasteiger partial charge in [0.1, 0.15) is 5.76 Å². The van der Waals surface area contributed by atoms with Gasteiger partial charge < -0.3 is 9.32 Å². The van der Waals surface area contributed by atoms with Gasteiger partial charge in [-0.1, -0.05) is 0 Å². The zero-order valence-electron chi connectivity index (χ0n) is 12.7. The second-order valence-electron chi connectivity index (χ2n) is 5.69. The Morgan fingerprint density at radius 3 is 2.81 bits per heavy atom. The first-order valence-corrected chi connectivity index (χ1v) is 8.16. The number of nitrogens with zero attached hydrogens (tertiary/aromatic N) is 2. The molecule has 0 aliphatic carbocycles. The molecule has 1 aliphatic rings. The molecule has 2 aromatic heterocycles. The second-order valence-corrected chi connectivity index (χ2v) is 6.93. The summed E-state index contributed by atoms with van der Waals surface area (Å²) in [7, 11) is 0. The maximum atomic E-state index is 12.5. The first kappa shape index (κ1) is 14.3. The molecule has 1 amide bonds. The molecular formula is C16H20N2O2S. The minimum atomic E-state index is -0.00204. The fourth-order valence-corrected chi connectivity index (χ4v) is 3.79. The molecular weight excluding hydrogens is 284 g/mol. The molecule has 3 rings (SSSR count). The first-order valence-electron chi connectivity index (χ1n) is 7.34. The first-order chi connectivity index (χ1) is 10.0. The lowest BCUT2D eigenvalue weighted by Crippen LogP contribution is -2.38. The van der Waals surface area contributed by atoms with Gasteiger partial charge in [0, 0.05) is 23.9 Å². The number of aryl methyl sites for hydroxylation is 3. The maximum Gasteiger partial charge on any atom is 0.289 e. The SMILES string of the molecule is Cc1ccc(C(=O)N2CCC[C@@H](c3nc(C)c(C)s3)C2)o1. The topological polar surface area (TPSA) is 46.3 Å². The Kier molecular flexibility index (Phi) is 3.85. The minimum Gasteiger partial charge on any atom is -0.456 e. The summed E-state index contributed by atoms with van der Waals surface area (Å²) in [4.78, 5) is 20.3. The van der Waals surface area contributed by atoms with Crippen LogP contribution in [0.1, 0.15) is 50.7 Å². The van der Waals surface area contributed by atoms with E-state index in [-0.39, 0.29) is 5.91 Å². The number of hydrogen-bond acceptors (Lipinski definition) is 4.